The van der Waals surface area contributed by atoms with Gasteiger partial charge in [-0.2, -0.15) is 0 Å². The lowest BCUT2D eigenvalue weighted by Crippen LogP contribution is -2.09. The molecule has 1 rings (SSSR count). The Labute approximate surface area is 59.4 Å². The summed E-state index contributed by atoms with van der Waals surface area (Å²) in [6.07, 6.45) is 3.68. The molecule has 50 valence electrons. The largest absolute Gasteiger partial charge is 0.0854 e. The van der Waals surface area contributed by atoms with Gasteiger partial charge in [0.2, 0.25) is 0 Å². The van der Waals surface area contributed by atoms with Crippen molar-refractivity contribution in [2.75, 3.05) is 0 Å². The molecule has 0 aromatic rings. The normalized spacial score (nSPS) is 43.6. The van der Waals surface area contributed by atoms with Gasteiger partial charge in [0.25, 0.3) is 0 Å². The van der Waals surface area contributed by atoms with Gasteiger partial charge in [0.05, 0.1) is 7.85 Å². The van der Waals surface area contributed by atoms with E-state index in [-0.39, 0.29) is 0 Å². The highest BCUT2D eigenvalue weighted by Gasteiger charge is 2.27. The van der Waals surface area contributed by atoms with E-state index < -0.39 is 0 Å². The van der Waals surface area contributed by atoms with Crippen molar-refractivity contribution >= 4 is 7.85 Å². The van der Waals surface area contributed by atoms with Gasteiger partial charge in [-0.05, 0) is 17.8 Å². The quantitative estimate of drug-likeness (QED) is 0.468. The Morgan fingerprint density at radius 2 is 1.67 bits per heavy atom. The lowest BCUT2D eigenvalue weighted by atomic mass is 9.80. The first kappa shape index (κ1) is 7.18. The third kappa shape index (κ3) is 1.31. The molecule has 2 atom stereocenters. The topological polar surface area (TPSA) is 0 Å². The highest BCUT2D eigenvalue weighted by Crippen LogP contribution is 2.37. The summed E-state index contributed by atoms with van der Waals surface area (Å²) in [5.74, 6) is 2.57. The van der Waals surface area contributed by atoms with Crippen molar-refractivity contribution in [3.63, 3.8) is 0 Å². The van der Waals surface area contributed by atoms with Gasteiger partial charge in [-0.25, -0.2) is 0 Å². The van der Waals surface area contributed by atoms with Crippen molar-refractivity contribution in [3.8, 4) is 0 Å². The lowest BCUT2D eigenvalue weighted by molar-refractivity contribution is 0.380. The summed E-state index contributed by atoms with van der Waals surface area (Å²) in [7, 11) is 5.61. The van der Waals surface area contributed by atoms with E-state index in [1.807, 2.05) is 0 Å². The molecule has 0 N–H and O–H groups in total. The van der Waals surface area contributed by atoms with Crippen LogP contribution in [0.15, 0.2) is 0 Å². The molecule has 9 heavy (non-hydrogen) atoms. The molecule has 0 heterocycles. The molecule has 1 heteroatoms. The summed E-state index contributed by atoms with van der Waals surface area (Å²) < 4.78 is 0. The maximum Gasteiger partial charge on any atom is 0.0657 e. The van der Waals surface area contributed by atoms with Crippen molar-refractivity contribution in [1.82, 2.24) is 0 Å². The van der Waals surface area contributed by atoms with Crippen LogP contribution in [0.5, 0.6) is 0 Å². The molecule has 1 aliphatic carbocycles. The predicted molar refractivity (Wildman–Crippen MR) is 41.6 cm³/mol. The molecule has 0 spiro atoms. The van der Waals surface area contributed by atoms with Gasteiger partial charge in [0.1, 0.15) is 0 Å². The lowest BCUT2D eigenvalue weighted by Gasteiger charge is -2.16. The van der Waals surface area contributed by atoms with E-state index in [0.29, 0.717) is 0 Å². The van der Waals surface area contributed by atoms with E-state index in [2.05, 4.69) is 13.8 Å². The predicted octanol–water partition coefficient (Wildman–Crippen LogP) is 2.26. The Balaban J connectivity index is 2.44. The van der Waals surface area contributed by atoms with Crippen LogP contribution in [-0.2, 0) is 0 Å². The third-order valence-electron chi connectivity index (χ3n) is 2.81. The van der Waals surface area contributed by atoms with E-state index >= 15 is 0 Å². The molecule has 0 saturated heterocycles. The molecule has 0 amide bonds. The second kappa shape index (κ2) is 2.77. The number of hydrogen-bond donors (Lipinski definition) is 0. The van der Waals surface area contributed by atoms with Crippen LogP contribution < -0.4 is 0 Å². The van der Waals surface area contributed by atoms with E-state index in [1.165, 1.54) is 12.8 Å². The van der Waals surface area contributed by atoms with Crippen molar-refractivity contribution in [1.29, 1.82) is 0 Å². The van der Waals surface area contributed by atoms with Crippen LogP contribution >= 0.6 is 0 Å². The van der Waals surface area contributed by atoms with E-state index in [1.54, 1.807) is 0 Å². The first-order valence-corrected chi connectivity index (χ1v) is 3.95. The zero-order chi connectivity index (χ0) is 6.85. The van der Waals surface area contributed by atoms with Gasteiger partial charge in [0.15, 0.2) is 0 Å². The van der Waals surface area contributed by atoms with E-state index in [4.69, 9.17) is 7.85 Å². The molecule has 0 nitrogen and oxygen atoms in total. The van der Waals surface area contributed by atoms with Crippen molar-refractivity contribution in [3.05, 3.63) is 0 Å². The minimum Gasteiger partial charge on any atom is -0.0854 e. The SMILES string of the molecule is [B]CC1C(C)CCC1C. The first-order chi connectivity index (χ1) is 4.25. The van der Waals surface area contributed by atoms with Gasteiger partial charge in [-0.1, -0.05) is 33.0 Å². The molecule has 0 aromatic heterocycles. The van der Waals surface area contributed by atoms with Gasteiger partial charge in [0, 0.05) is 0 Å². The van der Waals surface area contributed by atoms with Crippen LogP contribution in [0.1, 0.15) is 26.7 Å². The monoisotopic (exact) mass is 122 g/mol. The van der Waals surface area contributed by atoms with Crippen LogP contribution in [-0.4, -0.2) is 7.85 Å². The maximum absolute atomic E-state index is 5.61. The fourth-order valence-electron chi connectivity index (χ4n) is 1.98. The summed E-state index contributed by atoms with van der Waals surface area (Å²) in [5, 5.41) is 0. The molecule has 1 fully saturated rings. The van der Waals surface area contributed by atoms with E-state index in [9.17, 15) is 0 Å². The smallest absolute Gasteiger partial charge is 0.0657 e. The highest BCUT2D eigenvalue weighted by atomic mass is 14.3. The Kier molecular flexibility index (Phi) is 2.20. The third-order valence-corrected chi connectivity index (χ3v) is 2.81. The zero-order valence-electron chi connectivity index (χ0n) is 6.43. The maximum atomic E-state index is 5.61. The molecule has 2 unspecified atom stereocenters. The minimum atomic E-state index is 0.810. The first-order valence-electron chi connectivity index (χ1n) is 3.95. The summed E-state index contributed by atoms with van der Waals surface area (Å²) in [4.78, 5) is 0. The molecule has 1 aliphatic rings. The van der Waals surface area contributed by atoms with Crippen LogP contribution in [0, 0.1) is 17.8 Å². The second-order valence-electron chi connectivity index (χ2n) is 3.43. The molecule has 0 aromatic carbocycles. The fourth-order valence-corrected chi connectivity index (χ4v) is 1.98. The Hall–Kier alpha value is 0.0649. The second-order valence-corrected chi connectivity index (χ2v) is 3.43. The van der Waals surface area contributed by atoms with Crippen LogP contribution in [0.3, 0.4) is 0 Å². The number of hydrogen-bond acceptors (Lipinski definition) is 0. The summed E-state index contributed by atoms with van der Waals surface area (Å²) in [5.41, 5.74) is 0. The fraction of sp³-hybridized carbons (Fsp3) is 1.00. The van der Waals surface area contributed by atoms with Crippen LogP contribution in [0.4, 0.5) is 0 Å². The summed E-state index contributed by atoms with van der Waals surface area (Å²) in [6.45, 7) is 4.64. The Bertz CT molecular complexity index is 80.6. The minimum absolute atomic E-state index is 0.810. The molecule has 0 bridgehead atoms. The zero-order valence-corrected chi connectivity index (χ0v) is 6.43. The molecule has 2 radical (unpaired) electrons. The van der Waals surface area contributed by atoms with Crippen LogP contribution in [0.2, 0.25) is 6.32 Å². The van der Waals surface area contributed by atoms with Crippen molar-refractivity contribution < 1.29 is 0 Å². The standard InChI is InChI=1S/C8H15B/c1-6-3-4-7(2)8(6)5-9/h6-8H,3-5H2,1-2H3. The Morgan fingerprint density at radius 3 is 1.89 bits per heavy atom. The highest BCUT2D eigenvalue weighted by molar-refractivity contribution is 6.08. The number of rotatable bonds is 1. The Morgan fingerprint density at radius 1 is 1.22 bits per heavy atom. The summed E-state index contributed by atoms with van der Waals surface area (Å²) in [6, 6.07) is 0. The van der Waals surface area contributed by atoms with Crippen LogP contribution in [0.25, 0.3) is 0 Å². The molecular formula is C8H15B. The average molecular weight is 122 g/mol. The van der Waals surface area contributed by atoms with Gasteiger partial charge < -0.3 is 0 Å². The molecular weight excluding hydrogens is 107 g/mol. The summed E-state index contributed by atoms with van der Waals surface area (Å²) >= 11 is 0. The average Bonchev–Trinajstić information content (AvgIpc) is 2.12. The van der Waals surface area contributed by atoms with E-state index in [0.717, 1.165) is 24.1 Å². The molecule has 1 saturated carbocycles. The van der Waals surface area contributed by atoms with Gasteiger partial charge in [-0.15, -0.1) is 0 Å². The van der Waals surface area contributed by atoms with Gasteiger partial charge in [-0.3, -0.25) is 0 Å². The van der Waals surface area contributed by atoms with Crippen molar-refractivity contribution in [2.24, 2.45) is 17.8 Å². The molecule has 0 aliphatic heterocycles. The van der Waals surface area contributed by atoms with Gasteiger partial charge >= 0.3 is 0 Å². The van der Waals surface area contributed by atoms with Crippen molar-refractivity contribution in [2.45, 2.75) is 33.0 Å².